The van der Waals surface area contributed by atoms with Crippen LogP contribution in [-0.2, 0) is 32.0 Å². The third-order valence-electron chi connectivity index (χ3n) is 7.01. The molecule has 0 amide bonds. The van der Waals surface area contributed by atoms with Gasteiger partial charge in [0.05, 0.1) is 25.0 Å². The molecule has 3 heterocycles. The number of aliphatic carboxylic acids is 2. The number of carbonyl (C=O) groups is 2. The Morgan fingerprint density at radius 1 is 1.10 bits per heavy atom. The van der Waals surface area contributed by atoms with Gasteiger partial charge < -0.3 is 25.0 Å². The number of rotatable bonds is 11. The summed E-state index contributed by atoms with van der Waals surface area (Å²) >= 11 is 12.2. The predicted molar refractivity (Wildman–Crippen MR) is 154 cm³/mol. The van der Waals surface area contributed by atoms with Gasteiger partial charge in [-0.3, -0.25) is 4.57 Å². The summed E-state index contributed by atoms with van der Waals surface area (Å²) in [4.78, 5) is 37.5. The number of aromatic nitrogens is 4. The minimum atomic E-state index is -2.53. The number of imidazole rings is 1. The molecule has 3 N–H and O–H groups in total. The van der Waals surface area contributed by atoms with E-state index in [-0.39, 0.29) is 18.3 Å². The number of hydrogen-bond acceptors (Lipinski definition) is 8. The van der Waals surface area contributed by atoms with E-state index in [0.717, 1.165) is 5.56 Å². The molecule has 216 valence electrons. The van der Waals surface area contributed by atoms with Gasteiger partial charge in [-0.25, -0.2) is 14.6 Å². The molecule has 2 aromatic carbocycles. The van der Waals surface area contributed by atoms with E-state index in [1.54, 1.807) is 47.0 Å². The zero-order valence-corrected chi connectivity index (χ0v) is 23.5. The normalized spacial score (nSPS) is 18.5. The lowest BCUT2D eigenvalue weighted by molar-refractivity contribution is -0.188. The number of carboxylic acids is 2. The summed E-state index contributed by atoms with van der Waals surface area (Å²) in [6, 6.07) is 15.7. The summed E-state index contributed by atoms with van der Waals surface area (Å²) in [6.07, 6.45) is 5.78. The maximum Gasteiger partial charge on any atom is 0.348 e. The fourth-order valence-electron chi connectivity index (χ4n) is 4.77. The van der Waals surface area contributed by atoms with Crippen molar-refractivity contribution in [1.82, 2.24) is 19.5 Å². The van der Waals surface area contributed by atoms with Crippen LogP contribution >= 0.6 is 23.2 Å². The smallest absolute Gasteiger partial charge is 0.348 e. The number of terminal acetylenes is 1. The molecule has 0 bridgehead atoms. The Labute approximate surface area is 250 Å². The minimum absolute atomic E-state index is 0.0113. The van der Waals surface area contributed by atoms with Crippen molar-refractivity contribution >= 4 is 52.1 Å². The molecule has 42 heavy (non-hydrogen) atoms. The van der Waals surface area contributed by atoms with Crippen LogP contribution in [0.5, 0.6) is 0 Å². The van der Waals surface area contributed by atoms with Crippen molar-refractivity contribution in [3.05, 3.63) is 82.4 Å². The second kappa shape index (κ2) is 12.3. The number of halogens is 2. The summed E-state index contributed by atoms with van der Waals surface area (Å²) in [6.45, 7) is 0.0654. The van der Waals surface area contributed by atoms with Crippen LogP contribution in [0, 0.1) is 18.3 Å². The fraction of sp³-hybridized carbons (Fsp3) is 0.276. The summed E-state index contributed by atoms with van der Waals surface area (Å²) in [7, 11) is 0. The van der Waals surface area contributed by atoms with Gasteiger partial charge >= 0.3 is 11.9 Å². The van der Waals surface area contributed by atoms with Crippen LogP contribution in [0.15, 0.2) is 60.9 Å². The van der Waals surface area contributed by atoms with Gasteiger partial charge in [0.1, 0.15) is 6.23 Å². The third kappa shape index (κ3) is 6.03. The maximum atomic E-state index is 12.2. The average molecular weight is 610 g/mol. The van der Waals surface area contributed by atoms with Gasteiger partial charge in [-0.05, 0) is 34.9 Å². The number of carboxylic acid groups (broad SMARTS) is 2. The van der Waals surface area contributed by atoms with E-state index in [9.17, 15) is 19.8 Å². The Bertz CT molecular complexity index is 1630. The van der Waals surface area contributed by atoms with Crippen LogP contribution in [0.2, 0.25) is 10.3 Å². The molecule has 3 atom stereocenters. The summed E-state index contributed by atoms with van der Waals surface area (Å²) < 4.78 is 13.5. The van der Waals surface area contributed by atoms with E-state index in [1.807, 2.05) is 12.1 Å². The molecule has 4 aromatic rings. The summed E-state index contributed by atoms with van der Waals surface area (Å²) in [5, 5.41) is 23.7. The molecule has 11 nitrogen and oxygen atoms in total. The quantitative estimate of drug-likeness (QED) is 0.126. The predicted octanol–water partition coefficient (Wildman–Crippen LogP) is 4.45. The number of benzene rings is 2. The Morgan fingerprint density at radius 2 is 1.81 bits per heavy atom. The van der Waals surface area contributed by atoms with Gasteiger partial charge in [-0.2, -0.15) is 9.97 Å². The minimum Gasteiger partial charge on any atom is -0.479 e. The van der Waals surface area contributed by atoms with E-state index < -0.39 is 35.8 Å². The number of ether oxygens (including phenoxy) is 2. The molecule has 0 aliphatic carbocycles. The second-order valence-electron chi connectivity index (χ2n) is 9.69. The van der Waals surface area contributed by atoms with Crippen LogP contribution < -0.4 is 5.32 Å². The molecule has 0 spiro atoms. The molecule has 13 heteroatoms. The topological polar surface area (TPSA) is 149 Å². The molecule has 1 aliphatic heterocycles. The number of nitrogens with one attached hydrogen (secondary N) is 1. The Balaban J connectivity index is 1.35. The molecule has 0 saturated carbocycles. The first-order valence-corrected chi connectivity index (χ1v) is 13.6. The molecule has 1 saturated heterocycles. The van der Waals surface area contributed by atoms with E-state index in [2.05, 4.69) is 26.2 Å². The third-order valence-corrected chi connectivity index (χ3v) is 7.43. The highest BCUT2D eigenvalue weighted by atomic mass is 35.5. The van der Waals surface area contributed by atoms with Crippen molar-refractivity contribution < 1.29 is 29.3 Å². The van der Waals surface area contributed by atoms with Crippen LogP contribution in [-0.4, -0.2) is 60.0 Å². The highest BCUT2D eigenvalue weighted by Crippen LogP contribution is 2.36. The van der Waals surface area contributed by atoms with Crippen molar-refractivity contribution in [2.45, 2.75) is 37.3 Å². The molecule has 1 aliphatic rings. The standard InChI is InChI=1S/C29H25Cl2N5O6/c1-2-19-12-22(42-21(19)15-41-29(26(37)38,27(39)40)13-17-6-4-3-5-7-17)36-16-33-23-24(34-28(31)35-25(23)36)32-14-18-8-10-20(30)11-9-18/h1,3-11,16,19,21-22H,12-15H2,(H,37,38)(H,39,40)(H,32,34,35). The molecular formula is C29H25Cl2N5O6. The SMILES string of the molecule is C#CC1CC(n2cnc3c(NCc4ccc(Cl)cc4)nc(Cl)nc32)OC1COC(Cc1ccccc1)(C(=O)O)C(=O)O. The van der Waals surface area contributed by atoms with Crippen LogP contribution in [0.4, 0.5) is 5.82 Å². The number of nitrogens with zero attached hydrogens (tertiary/aromatic N) is 4. The van der Waals surface area contributed by atoms with Crippen LogP contribution in [0.25, 0.3) is 11.2 Å². The lowest BCUT2D eigenvalue weighted by Crippen LogP contribution is -2.52. The largest absolute Gasteiger partial charge is 0.479 e. The highest BCUT2D eigenvalue weighted by Gasteiger charge is 2.50. The first kappa shape index (κ1) is 29.3. The molecular weight excluding hydrogens is 585 g/mol. The van der Waals surface area contributed by atoms with Crippen molar-refractivity contribution in [3.8, 4) is 12.3 Å². The average Bonchev–Trinajstić information content (AvgIpc) is 3.59. The molecule has 0 radical (unpaired) electrons. The van der Waals surface area contributed by atoms with Gasteiger partial charge in [0.15, 0.2) is 17.0 Å². The second-order valence-corrected chi connectivity index (χ2v) is 10.5. The Kier molecular flexibility index (Phi) is 8.61. The Hall–Kier alpha value is -4.21. The van der Waals surface area contributed by atoms with Gasteiger partial charge in [0.25, 0.3) is 5.60 Å². The summed E-state index contributed by atoms with van der Waals surface area (Å²) in [5.74, 6) is -0.702. The van der Waals surface area contributed by atoms with E-state index in [1.165, 1.54) is 6.33 Å². The van der Waals surface area contributed by atoms with E-state index in [0.29, 0.717) is 40.5 Å². The van der Waals surface area contributed by atoms with Gasteiger partial charge in [0, 0.05) is 24.4 Å². The van der Waals surface area contributed by atoms with Crippen molar-refractivity contribution in [1.29, 1.82) is 0 Å². The Morgan fingerprint density at radius 3 is 2.48 bits per heavy atom. The van der Waals surface area contributed by atoms with Crippen LogP contribution in [0.3, 0.4) is 0 Å². The summed E-state index contributed by atoms with van der Waals surface area (Å²) in [5.41, 5.74) is -0.234. The zero-order chi connectivity index (χ0) is 29.9. The van der Waals surface area contributed by atoms with Gasteiger partial charge in [-0.15, -0.1) is 12.3 Å². The van der Waals surface area contributed by atoms with E-state index in [4.69, 9.17) is 39.1 Å². The lowest BCUT2D eigenvalue weighted by Gasteiger charge is -2.27. The lowest BCUT2D eigenvalue weighted by atomic mass is 9.94. The monoisotopic (exact) mass is 609 g/mol. The first-order valence-electron chi connectivity index (χ1n) is 12.8. The maximum absolute atomic E-state index is 12.2. The molecule has 2 aromatic heterocycles. The first-order chi connectivity index (χ1) is 20.2. The zero-order valence-electron chi connectivity index (χ0n) is 22.0. The molecule has 3 unspecified atom stereocenters. The van der Waals surface area contributed by atoms with Crippen LogP contribution in [0.1, 0.15) is 23.8 Å². The van der Waals surface area contributed by atoms with Gasteiger partial charge in [0.2, 0.25) is 5.28 Å². The van der Waals surface area contributed by atoms with Gasteiger partial charge in [-0.1, -0.05) is 54.1 Å². The van der Waals surface area contributed by atoms with Crippen molar-refractivity contribution in [2.24, 2.45) is 5.92 Å². The highest BCUT2D eigenvalue weighted by molar-refractivity contribution is 6.30. The van der Waals surface area contributed by atoms with E-state index >= 15 is 0 Å². The number of fused-ring (bicyclic) bond motifs is 1. The molecule has 1 fully saturated rings. The number of hydrogen-bond donors (Lipinski definition) is 3. The van der Waals surface area contributed by atoms with Crippen molar-refractivity contribution in [3.63, 3.8) is 0 Å². The van der Waals surface area contributed by atoms with Crippen molar-refractivity contribution in [2.75, 3.05) is 11.9 Å². The molecule has 5 rings (SSSR count). The fourth-order valence-corrected chi connectivity index (χ4v) is 5.06. The number of anilines is 1.